The highest BCUT2D eigenvalue weighted by Gasteiger charge is 2.30. The van der Waals surface area contributed by atoms with E-state index in [1.165, 1.54) is 17.3 Å². The highest BCUT2D eigenvalue weighted by Crippen LogP contribution is 2.31. The van der Waals surface area contributed by atoms with Crippen LogP contribution in [-0.2, 0) is 9.53 Å². The molecule has 0 aliphatic carbocycles. The molecule has 4 nitrogen and oxygen atoms in total. The van der Waals surface area contributed by atoms with E-state index in [4.69, 9.17) is 4.74 Å². The summed E-state index contributed by atoms with van der Waals surface area (Å²) in [6.45, 7) is 7.71. The molecule has 0 radical (unpaired) electrons. The van der Waals surface area contributed by atoms with Crippen LogP contribution in [0.5, 0.6) is 0 Å². The van der Waals surface area contributed by atoms with Crippen LogP contribution in [-0.4, -0.2) is 41.3 Å². The largest absolute Gasteiger partial charge is 0.372 e. The number of nitrogens with zero attached hydrogens (tertiary/aromatic N) is 2. The number of carbonyl (C=O) groups is 1. The van der Waals surface area contributed by atoms with Gasteiger partial charge in [0.2, 0.25) is 0 Å². The summed E-state index contributed by atoms with van der Waals surface area (Å²) in [5.41, 5.74) is 2.24. The first-order chi connectivity index (χ1) is 10.5. The van der Waals surface area contributed by atoms with Crippen molar-refractivity contribution in [3.8, 4) is 0 Å². The van der Waals surface area contributed by atoms with Crippen LogP contribution in [0.3, 0.4) is 0 Å². The van der Waals surface area contributed by atoms with Crippen molar-refractivity contribution in [3.05, 3.63) is 40.3 Å². The van der Waals surface area contributed by atoms with E-state index in [1.807, 2.05) is 51.1 Å². The monoisotopic (exact) mass is 316 g/mol. The molecule has 2 unspecified atom stereocenters. The zero-order valence-corrected chi connectivity index (χ0v) is 13.9. The molecule has 116 valence electrons. The number of amidine groups is 1. The van der Waals surface area contributed by atoms with E-state index >= 15 is 0 Å². The molecular formula is C17H20N2O2S. The van der Waals surface area contributed by atoms with Gasteiger partial charge in [0, 0.05) is 13.1 Å². The Labute approximate surface area is 135 Å². The second kappa shape index (κ2) is 6.26. The minimum absolute atomic E-state index is 0.146. The first kappa shape index (κ1) is 15.3. The molecule has 0 N–H and O–H groups in total. The fourth-order valence-corrected chi connectivity index (χ4v) is 3.61. The molecule has 0 aromatic heterocycles. The summed E-state index contributed by atoms with van der Waals surface area (Å²) in [5.74, 6) is -0.146. The maximum absolute atomic E-state index is 12.1. The number of rotatable bonds is 1. The van der Waals surface area contributed by atoms with Crippen LogP contribution in [0.15, 0.2) is 34.2 Å². The lowest BCUT2D eigenvalue weighted by Crippen LogP contribution is -2.47. The third kappa shape index (κ3) is 3.42. The third-order valence-electron chi connectivity index (χ3n) is 3.67. The Morgan fingerprint density at radius 3 is 2.50 bits per heavy atom. The summed E-state index contributed by atoms with van der Waals surface area (Å²) in [4.78, 5) is 19.2. The maximum atomic E-state index is 12.1. The number of ether oxygens (including phenoxy) is 1. The summed E-state index contributed by atoms with van der Waals surface area (Å²) in [5, 5.41) is 0.797. The molecule has 5 heteroatoms. The van der Waals surface area contributed by atoms with E-state index in [0.717, 1.165) is 23.8 Å². The highest BCUT2D eigenvalue weighted by molar-refractivity contribution is 8.18. The molecule has 0 saturated carbocycles. The van der Waals surface area contributed by atoms with Crippen molar-refractivity contribution < 1.29 is 9.53 Å². The molecule has 0 spiro atoms. The summed E-state index contributed by atoms with van der Waals surface area (Å²) in [6.07, 6.45) is 2.23. The average molecular weight is 316 g/mol. The lowest BCUT2D eigenvalue weighted by atomic mass is 10.1. The van der Waals surface area contributed by atoms with Gasteiger partial charge in [-0.25, -0.2) is 0 Å². The number of aliphatic imine (C=N–C) groups is 1. The van der Waals surface area contributed by atoms with Gasteiger partial charge in [-0.2, -0.15) is 4.99 Å². The van der Waals surface area contributed by atoms with E-state index in [9.17, 15) is 4.79 Å². The number of aryl methyl sites for hydroxylation is 1. The maximum Gasteiger partial charge on any atom is 0.286 e. The van der Waals surface area contributed by atoms with Crippen LogP contribution < -0.4 is 0 Å². The fraction of sp³-hybridized carbons (Fsp3) is 0.412. The number of benzene rings is 1. The van der Waals surface area contributed by atoms with Crippen molar-refractivity contribution in [1.29, 1.82) is 0 Å². The predicted molar refractivity (Wildman–Crippen MR) is 90.8 cm³/mol. The van der Waals surface area contributed by atoms with E-state index < -0.39 is 0 Å². The Hall–Kier alpha value is -1.59. The Morgan fingerprint density at radius 1 is 1.23 bits per heavy atom. The van der Waals surface area contributed by atoms with Gasteiger partial charge in [-0.3, -0.25) is 4.79 Å². The lowest BCUT2D eigenvalue weighted by Gasteiger charge is -2.35. The minimum Gasteiger partial charge on any atom is -0.372 e. The van der Waals surface area contributed by atoms with Gasteiger partial charge < -0.3 is 9.64 Å². The molecule has 2 aliphatic heterocycles. The van der Waals surface area contributed by atoms with Crippen LogP contribution in [0, 0.1) is 6.92 Å². The van der Waals surface area contributed by atoms with Crippen LogP contribution in [0.2, 0.25) is 0 Å². The summed E-state index contributed by atoms with van der Waals surface area (Å²) >= 11 is 1.46. The zero-order valence-electron chi connectivity index (χ0n) is 13.1. The Bertz CT molecular complexity index is 627. The number of amides is 1. The summed E-state index contributed by atoms with van der Waals surface area (Å²) in [7, 11) is 0. The number of morpholine rings is 1. The molecule has 2 heterocycles. The van der Waals surface area contributed by atoms with E-state index in [0.29, 0.717) is 4.91 Å². The number of thioether (sulfide) groups is 1. The van der Waals surface area contributed by atoms with Crippen molar-refractivity contribution >= 4 is 28.9 Å². The number of hydrogen-bond acceptors (Lipinski definition) is 4. The molecule has 1 saturated heterocycles. The van der Waals surface area contributed by atoms with Crippen molar-refractivity contribution in [2.75, 3.05) is 13.1 Å². The second-order valence-electron chi connectivity index (χ2n) is 5.88. The topological polar surface area (TPSA) is 41.9 Å². The van der Waals surface area contributed by atoms with Crippen molar-refractivity contribution in [3.63, 3.8) is 0 Å². The molecule has 1 fully saturated rings. The smallest absolute Gasteiger partial charge is 0.286 e. The quantitative estimate of drug-likeness (QED) is 0.747. The van der Waals surface area contributed by atoms with Crippen molar-refractivity contribution in [1.82, 2.24) is 4.90 Å². The molecule has 2 aliphatic rings. The van der Waals surface area contributed by atoms with Crippen molar-refractivity contribution in [2.45, 2.75) is 33.0 Å². The second-order valence-corrected chi connectivity index (χ2v) is 6.89. The molecule has 3 rings (SSSR count). The Balaban J connectivity index is 1.74. The van der Waals surface area contributed by atoms with E-state index in [2.05, 4.69) is 9.89 Å². The molecule has 22 heavy (non-hydrogen) atoms. The molecule has 1 aromatic rings. The Kier molecular flexibility index (Phi) is 4.36. The molecule has 0 bridgehead atoms. The van der Waals surface area contributed by atoms with Crippen LogP contribution in [0.4, 0.5) is 0 Å². The molecular weight excluding hydrogens is 296 g/mol. The van der Waals surface area contributed by atoms with Gasteiger partial charge in [-0.1, -0.05) is 29.8 Å². The fourth-order valence-electron chi connectivity index (χ4n) is 2.68. The summed E-state index contributed by atoms with van der Waals surface area (Å²) < 4.78 is 5.73. The van der Waals surface area contributed by atoms with E-state index in [1.54, 1.807) is 0 Å². The zero-order chi connectivity index (χ0) is 15.7. The summed E-state index contributed by atoms with van der Waals surface area (Å²) in [6, 6.07) is 8.13. The molecule has 1 aromatic carbocycles. The standard InChI is InChI=1S/C17H20N2O2S/c1-11-4-6-14(7-5-11)8-15-16(20)18-17(22-15)19-9-12(2)21-13(3)10-19/h4-8,12-13H,9-10H2,1-3H3/b15-8-. The van der Waals surface area contributed by atoms with Gasteiger partial charge in [0.15, 0.2) is 5.17 Å². The normalized spacial score (nSPS) is 27.4. The SMILES string of the molecule is Cc1ccc(/C=C2\SC(N3CC(C)OC(C)C3)=NC2=O)cc1. The number of carbonyl (C=O) groups excluding carboxylic acids is 1. The lowest BCUT2D eigenvalue weighted by molar-refractivity contribution is -0.113. The molecule has 1 amide bonds. The third-order valence-corrected chi connectivity index (χ3v) is 4.72. The van der Waals surface area contributed by atoms with Gasteiger partial charge >= 0.3 is 0 Å². The molecule has 2 atom stereocenters. The van der Waals surface area contributed by atoms with Crippen molar-refractivity contribution in [2.24, 2.45) is 4.99 Å². The Morgan fingerprint density at radius 2 is 1.86 bits per heavy atom. The van der Waals surface area contributed by atoms with Gasteiger partial charge in [-0.15, -0.1) is 0 Å². The highest BCUT2D eigenvalue weighted by atomic mass is 32.2. The van der Waals surface area contributed by atoms with Crippen LogP contribution in [0.1, 0.15) is 25.0 Å². The van der Waals surface area contributed by atoms with Gasteiger partial charge in [0.25, 0.3) is 5.91 Å². The predicted octanol–water partition coefficient (Wildman–Crippen LogP) is 3.07. The van der Waals surface area contributed by atoms with Crippen LogP contribution in [0.25, 0.3) is 6.08 Å². The first-order valence-electron chi connectivity index (χ1n) is 7.51. The van der Waals surface area contributed by atoms with Gasteiger partial charge in [0.1, 0.15) is 0 Å². The number of hydrogen-bond donors (Lipinski definition) is 0. The van der Waals surface area contributed by atoms with Gasteiger partial charge in [0.05, 0.1) is 17.1 Å². The van der Waals surface area contributed by atoms with E-state index in [-0.39, 0.29) is 18.1 Å². The van der Waals surface area contributed by atoms with Gasteiger partial charge in [-0.05, 0) is 44.2 Å². The average Bonchev–Trinajstić information content (AvgIpc) is 2.82. The first-order valence-corrected chi connectivity index (χ1v) is 8.32. The minimum atomic E-state index is -0.146. The van der Waals surface area contributed by atoms with Crippen LogP contribution >= 0.6 is 11.8 Å².